The van der Waals surface area contributed by atoms with Gasteiger partial charge in [0.05, 0.1) is 5.70 Å². The summed E-state index contributed by atoms with van der Waals surface area (Å²) in [6, 6.07) is 0. The first-order chi connectivity index (χ1) is 5.29. The second-order valence-corrected chi connectivity index (χ2v) is 1.88. The van der Waals surface area contributed by atoms with E-state index in [1.807, 2.05) is 19.9 Å². The van der Waals surface area contributed by atoms with Crippen molar-refractivity contribution < 1.29 is 0 Å². The zero-order chi connectivity index (χ0) is 8.69. The van der Waals surface area contributed by atoms with E-state index in [0.29, 0.717) is 0 Å². The normalized spacial score (nSPS) is 10.9. The van der Waals surface area contributed by atoms with Crippen molar-refractivity contribution in [1.29, 1.82) is 0 Å². The average molecular weight is 153 g/mol. The molecule has 0 fully saturated rings. The number of hydrazine groups is 1. The maximum absolute atomic E-state index is 3.75. The van der Waals surface area contributed by atoms with E-state index in [-0.39, 0.29) is 0 Å². The third kappa shape index (κ3) is 3.00. The second kappa shape index (κ2) is 5.68. The van der Waals surface area contributed by atoms with Gasteiger partial charge in [0.25, 0.3) is 0 Å². The lowest BCUT2D eigenvalue weighted by Crippen LogP contribution is -2.31. The van der Waals surface area contributed by atoms with E-state index >= 15 is 0 Å². The summed E-state index contributed by atoms with van der Waals surface area (Å²) in [5.74, 6) is 0. The van der Waals surface area contributed by atoms with Crippen molar-refractivity contribution in [1.82, 2.24) is 10.5 Å². The SMILES string of the molecule is C=C/C(=C/C)N(N=C)NCC. The molecule has 0 bridgehead atoms. The Morgan fingerprint density at radius 3 is 2.64 bits per heavy atom. The first-order valence-electron chi connectivity index (χ1n) is 3.59. The molecule has 0 saturated carbocycles. The molecule has 0 aromatic rings. The minimum atomic E-state index is 0.810. The molecule has 11 heavy (non-hydrogen) atoms. The number of nitrogens with zero attached hydrogens (tertiary/aromatic N) is 2. The molecule has 0 aliphatic heterocycles. The van der Waals surface area contributed by atoms with Crippen molar-refractivity contribution in [3.8, 4) is 0 Å². The van der Waals surface area contributed by atoms with Gasteiger partial charge < -0.3 is 0 Å². The average Bonchev–Trinajstić information content (AvgIpc) is 2.05. The highest BCUT2D eigenvalue weighted by molar-refractivity contribution is 5.24. The smallest absolute Gasteiger partial charge is 0.0730 e. The van der Waals surface area contributed by atoms with Crippen LogP contribution < -0.4 is 5.43 Å². The Hall–Kier alpha value is -1.09. The maximum atomic E-state index is 3.75. The maximum Gasteiger partial charge on any atom is 0.0730 e. The third-order valence-corrected chi connectivity index (χ3v) is 1.20. The number of allylic oxidation sites excluding steroid dienone is 2. The van der Waals surface area contributed by atoms with Gasteiger partial charge in [-0.3, -0.25) is 0 Å². The molecule has 0 saturated heterocycles. The first kappa shape index (κ1) is 9.91. The van der Waals surface area contributed by atoms with Crippen molar-refractivity contribution in [2.75, 3.05) is 6.54 Å². The summed E-state index contributed by atoms with van der Waals surface area (Å²) in [6.45, 7) is 11.8. The monoisotopic (exact) mass is 153 g/mol. The molecule has 0 atom stereocenters. The summed E-state index contributed by atoms with van der Waals surface area (Å²) < 4.78 is 0. The van der Waals surface area contributed by atoms with Gasteiger partial charge in [-0.25, -0.2) is 5.43 Å². The van der Waals surface area contributed by atoms with Crippen molar-refractivity contribution in [2.24, 2.45) is 5.10 Å². The molecular weight excluding hydrogens is 138 g/mol. The van der Waals surface area contributed by atoms with E-state index in [1.54, 1.807) is 11.2 Å². The number of hydrogen-bond acceptors (Lipinski definition) is 3. The van der Waals surface area contributed by atoms with Gasteiger partial charge in [-0.05, 0) is 13.0 Å². The fourth-order valence-corrected chi connectivity index (χ4v) is 0.699. The van der Waals surface area contributed by atoms with Crippen LogP contribution in [0, 0.1) is 0 Å². The molecule has 0 aliphatic carbocycles. The van der Waals surface area contributed by atoms with Crippen molar-refractivity contribution >= 4 is 6.72 Å². The van der Waals surface area contributed by atoms with Crippen LogP contribution in [-0.4, -0.2) is 18.4 Å². The van der Waals surface area contributed by atoms with Gasteiger partial charge in [0.1, 0.15) is 0 Å². The molecule has 3 heteroatoms. The van der Waals surface area contributed by atoms with E-state index < -0.39 is 0 Å². The van der Waals surface area contributed by atoms with Gasteiger partial charge in [-0.2, -0.15) is 10.2 Å². The molecule has 0 aromatic carbocycles. The zero-order valence-corrected chi connectivity index (χ0v) is 7.17. The Labute approximate surface area is 68.1 Å². The predicted molar refractivity (Wildman–Crippen MR) is 49.0 cm³/mol. The van der Waals surface area contributed by atoms with Crippen LogP contribution in [0.1, 0.15) is 13.8 Å². The van der Waals surface area contributed by atoms with Gasteiger partial charge in [-0.15, -0.1) is 0 Å². The Balaban J connectivity index is 4.21. The highest BCUT2D eigenvalue weighted by Gasteiger charge is 1.98. The third-order valence-electron chi connectivity index (χ3n) is 1.20. The molecular formula is C8H15N3. The Kier molecular flexibility index (Phi) is 5.11. The number of rotatable bonds is 5. The summed E-state index contributed by atoms with van der Waals surface area (Å²) in [5, 5.41) is 5.34. The van der Waals surface area contributed by atoms with Crippen LogP contribution in [0.15, 0.2) is 29.5 Å². The number of nitrogens with one attached hydrogen (secondary N) is 1. The van der Waals surface area contributed by atoms with Crippen LogP contribution in [0.3, 0.4) is 0 Å². The lowest BCUT2D eigenvalue weighted by Gasteiger charge is -2.18. The van der Waals surface area contributed by atoms with Gasteiger partial charge in [0, 0.05) is 13.3 Å². The fourth-order valence-electron chi connectivity index (χ4n) is 0.699. The van der Waals surface area contributed by atoms with Crippen molar-refractivity contribution in [3.63, 3.8) is 0 Å². The fraction of sp³-hybridized carbons (Fsp3) is 0.375. The van der Waals surface area contributed by atoms with Gasteiger partial charge >= 0.3 is 0 Å². The van der Waals surface area contributed by atoms with Gasteiger partial charge in [0.2, 0.25) is 0 Å². The molecule has 3 nitrogen and oxygen atoms in total. The largest absolute Gasteiger partial charge is 0.213 e. The minimum absolute atomic E-state index is 0.810. The van der Waals surface area contributed by atoms with E-state index in [1.165, 1.54) is 0 Å². The predicted octanol–water partition coefficient (Wildman–Crippen LogP) is 1.52. The Morgan fingerprint density at radius 2 is 2.36 bits per heavy atom. The van der Waals surface area contributed by atoms with Gasteiger partial charge in [0.15, 0.2) is 0 Å². The first-order valence-corrected chi connectivity index (χ1v) is 3.59. The van der Waals surface area contributed by atoms with Crippen molar-refractivity contribution in [3.05, 3.63) is 24.4 Å². The molecule has 0 amide bonds. The molecule has 0 rings (SSSR count). The van der Waals surface area contributed by atoms with E-state index in [0.717, 1.165) is 12.2 Å². The standard InChI is InChI=1S/C8H15N3/c1-5-8(6-2)11(9-4)10-7-3/h5-6,10H,1,4,7H2,2-3H3/b8-6-. The topological polar surface area (TPSA) is 27.6 Å². The van der Waals surface area contributed by atoms with Crippen LogP contribution in [-0.2, 0) is 0 Å². The van der Waals surface area contributed by atoms with Crippen LogP contribution in [0.5, 0.6) is 0 Å². The molecule has 62 valence electrons. The molecule has 0 heterocycles. The van der Waals surface area contributed by atoms with Crippen LogP contribution >= 0.6 is 0 Å². The van der Waals surface area contributed by atoms with Crippen LogP contribution in [0.4, 0.5) is 0 Å². The quantitative estimate of drug-likeness (QED) is 0.368. The van der Waals surface area contributed by atoms with Crippen molar-refractivity contribution in [2.45, 2.75) is 13.8 Å². The number of hydrogen-bond donors (Lipinski definition) is 1. The highest BCUT2D eigenvalue weighted by Crippen LogP contribution is 2.00. The molecule has 0 unspecified atom stereocenters. The summed E-state index contributed by atoms with van der Waals surface area (Å²) in [6.07, 6.45) is 3.63. The summed E-state index contributed by atoms with van der Waals surface area (Å²) in [7, 11) is 0. The van der Waals surface area contributed by atoms with Crippen LogP contribution in [0.25, 0.3) is 0 Å². The molecule has 0 spiro atoms. The summed E-state index contributed by atoms with van der Waals surface area (Å²) in [4.78, 5) is 0. The summed E-state index contributed by atoms with van der Waals surface area (Å²) in [5.41, 5.74) is 3.90. The Morgan fingerprint density at radius 1 is 1.73 bits per heavy atom. The zero-order valence-electron chi connectivity index (χ0n) is 7.17. The molecule has 1 N–H and O–H groups in total. The lowest BCUT2D eigenvalue weighted by atomic mass is 10.4. The summed E-state index contributed by atoms with van der Waals surface area (Å²) >= 11 is 0. The van der Waals surface area contributed by atoms with Gasteiger partial charge in [-0.1, -0.05) is 19.6 Å². The minimum Gasteiger partial charge on any atom is -0.213 e. The lowest BCUT2D eigenvalue weighted by molar-refractivity contribution is 0.275. The van der Waals surface area contributed by atoms with Crippen LogP contribution in [0.2, 0.25) is 0 Å². The Bertz CT molecular complexity index is 161. The molecule has 0 aromatic heterocycles. The highest BCUT2D eigenvalue weighted by atomic mass is 15.7. The van der Waals surface area contributed by atoms with E-state index in [2.05, 4.69) is 23.8 Å². The molecule has 0 aliphatic rings. The van der Waals surface area contributed by atoms with E-state index in [9.17, 15) is 0 Å². The second-order valence-electron chi connectivity index (χ2n) is 1.88. The molecule has 0 radical (unpaired) electrons. The number of hydrazone groups is 1. The van der Waals surface area contributed by atoms with E-state index in [4.69, 9.17) is 0 Å².